The van der Waals surface area contributed by atoms with Gasteiger partial charge in [-0.1, -0.05) is 35.7 Å². The number of carbonyl (C=O) groups is 1. The van der Waals surface area contributed by atoms with Gasteiger partial charge in [-0.25, -0.2) is 0 Å². The number of hydrogen-bond donors (Lipinski definition) is 1. The molecule has 0 aliphatic carbocycles. The molecule has 1 N–H and O–H groups in total. The third-order valence-corrected chi connectivity index (χ3v) is 3.46. The maximum atomic E-state index is 11.7. The van der Waals surface area contributed by atoms with E-state index in [1.807, 2.05) is 6.92 Å². The molecule has 0 bridgehead atoms. The topological polar surface area (TPSA) is 63.6 Å². The van der Waals surface area contributed by atoms with Crippen molar-refractivity contribution < 1.29 is 18.8 Å². The van der Waals surface area contributed by atoms with E-state index in [4.69, 9.17) is 6.42 Å². The van der Waals surface area contributed by atoms with E-state index < -0.39 is 19.2 Å². The Morgan fingerprint density at radius 3 is 2.47 bits per heavy atom. The molecule has 0 amide bonds. The van der Waals surface area contributed by atoms with Crippen molar-refractivity contribution in [1.29, 1.82) is 0 Å². The van der Waals surface area contributed by atoms with E-state index >= 15 is 0 Å². The fourth-order valence-electron chi connectivity index (χ4n) is 1.15. The fourth-order valence-corrected chi connectivity index (χ4v) is 2.21. The lowest BCUT2D eigenvalue weighted by Crippen LogP contribution is -2.09. The summed E-state index contributed by atoms with van der Waals surface area (Å²) in [6.07, 6.45) is 4.13. The average Bonchev–Trinajstić information content (AvgIpc) is 2.28. The van der Waals surface area contributed by atoms with E-state index in [9.17, 15) is 14.3 Å². The van der Waals surface area contributed by atoms with Crippen LogP contribution in [0.1, 0.15) is 22.8 Å². The second kappa shape index (κ2) is 5.29. The molecule has 0 saturated carbocycles. The molecule has 0 fully saturated rings. The molecule has 0 heterocycles. The van der Waals surface area contributed by atoms with Crippen LogP contribution < -0.4 is 0 Å². The van der Waals surface area contributed by atoms with Crippen LogP contribution in [0, 0.1) is 19.3 Å². The maximum Gasteiger partial charge on any atom is 0.400 e. The molecule has 0 aliphatic rings. The van der Waals surface area contributed by atoms with Crippen molar-refractivity contribution in [2.75, 3.05) is 0 Å². The predicted molar refractivity (Wildman–Crippen MR) is 64.7 cm³/mol. The summed E-state index contributed by atoms with van der Waals surface area (Å²) in [6, 6.07) is 6.31. The van der Waals surface area contributed by atoms with Gasteiger partial charge in [0.05, 0.1) is 0 Å². The normalized spacial score (nSPS) is 15.6. The minimum Gasteiger partial charge on any atom is -0.319 e. The van der Waals surface area contributed by atoms with Crippen molar-refractivity contribution in [3.8, 4) is 12.3 Å². The molecule has 1 aromatic rings. The summed E-state index contributed by atoms with van der Waals surface area (Å²) in [4.78, 5) is 21.2. The van der Waals surface area contributed by atoms with Crippen LogP contribution in [-0.4, -0.2) is 16.5 Å². The van der Waals surface area contributed by atoms with Crippen LogP contribution in [0.3, 0.4) is 0 Å². The number of hydrogen-bond acceptors (Lipinski definition) is 3. The highest BCUT2D eigenvalue weighted by Gasteiger charge is 2.33. The minimum atomic E-state index is -4.37. The van der Waals surface area contributed by atoms with Crippen molar-refractivity contribution in [2.24, 2.45) is 0 Å². The molecule has 0 saturated heterocycles. The molecule has 90 valence electrons. The van der Waals surface area contributed by atoms with Crippen LogP contribution in [0.4, 0.5) is 0 Å². The highest BCUT2D eigenvalue weighted by atomic mass is 31.2. The summed E-state index contributed by atoms with van der Waals surface area (Å²) in [5.41, 5.74) is 0.137. The standard InChI is InChI=1S/C12H13O4P/c1-4-10(3)16-17(14,15)12(13)11-7-5-9(2)6-8-11/h1,5-8,10H,2-3H3,(H,14,15). The summed E-state index contributed by atoms with van der Waals surface area (Å²) >= 11 is 0. The van der Waals surface area contributed by atoms with Crippen LogP contribution in [0.5, 0.6) is 0 Å². The van der Waals surface area contributed by atoms with Crippen molar-refractivity contribution in [1.82, 2.24) is 0 Å². The molecule has 4 nitrogen and oxygen atoms in total. The zero-order valence-corrected chi connectivity index (χ0v) is 10.5. The molecule has 0 radical (unpaired) electrons. The van der Waals surface area contributed by atoms with Gasteiger partial charge in [0.15, 0.2) is 0 Å². The Labute approximate surface area is 100 Å². The monoisotopic (exact) mass is 252 g/mol. The summed E-state index contributed by atoms with van der Waals surface area (Å²) in [7, 11) is -4.37. The highest BCUT2D eigenvalue weighted by Crippen LogP contribution is 2.46. The first-order valence-electron chi connectivity index (χ1n) is 4.95. The first kappa shape index (κ1) is 13.7. The quantitative estimate of drug-likeness (QED) is 0.660. The summed E-state index contributed by atoms with van der Waals surface area (Å²) in [6.45, 7) is 3.27. The van der Waals surface area contributed by atoms with E-state index in [1.54, 1.807) is 12.1 Å². The van der Waals surface area contributed by atoms with Gasteiger partial charge in [-0.3, -0.25) is 13.9 Å². The predicted octanol–water partition coefficient (Wildman–Crippen LogP) is 2.36. The molecule has 17 heavy (non-hydrogen) atoms. The van der Waals surface area contributed by atoms with Crippen LogP contribution in [0.15, 0.2) is 24.3 Å². The van der Waals surface area contributed by atoms with Crippen LogP contribution in [-0.2, 0) is 9.09 Å². The molecule has 1 aromatic carbocycles. The Morgan fingerprint density at radius 2 is 2.00 bits per heavy atom. The Morgan fingerprint density at radius 1 is 1.47 bits per heavy atom. The number of terminal acetylenes is 1. The van der Waals surface area contributed by atoms with Gasteiger partial charge in [0.2, 0.25) is 0 Å². The van der Waals surface area contributed by atoms with Gasteiger partial charge in [0.25, 0.3) is 5.52 Å². The smallest absolute Gasteiger partial charge is 0.319 e. The molecule has 0 aliphatic heterocycles. The number of carbonyl (C=O) groups excluding carboxylic acids is 1. The molecular formula is C12H13O4P. The number of rotatable bonds is 4. The molecule has 2 unspecified atom stereocenters. The molecule has 1 rings (SSSR count). The van der Waals surface area contributed by atoms with Gasteiger partial charge in [0.1, 0.15) is 6.10 Å². The van der Waals surface area contributed by atoms with E-state index in [2.05, 4.69) is 10.4 Å². The van der Waals surface area contributed by atoms with E-state index in [-0.39, 0.29) is 5.56 Å². The lowest BCUT2D eigenvalue weighted by atomic mass is 10.2. The maximum absolute atomic E-state index is 11.7. The largest absolute Gasteiger partial charge is 0.400 e. The molecule has 5 heteroatoms. The SMILES string of the molecule is C#CC(C)OP(=O)(O)C(=O)c1ccc(C)cc1. The summed E-state index contributed by atoms with van der Waals surface area (Å²) < 4.78 is 16.3. The van der Waals surface area contributed by atoms with Crippen molar-refractivity contribution in [3.63, 3.8) is 0 Å². The van der Waals surface area contributed by atoms with E-state index in [0.717, 1.165) is 5.56 Å². The summed E-state index contributed by atoms with van der Waals surface area (Å²) in [5, 5.41) is 0. The number of benzene rings is 1. The van der Waals surface area contributed by atoms with Crippen LogP contribution in [0.25, 0.3) is 0 Å². The Kier molecular flexibility index (Phi) is 4.25. The van der Waals surface area contributed by atoms with Gasteiger partial charge >= 0.3 is 7.60 Å². The second-order valence-corrected chi connectivity index (χ2v) is 5.26. The third-order valence-electron chi connectivity index (χ3n) is 2.09. The van der Waals surface area contributed by atoms with E-state index in [0.29, 0.717) is 0 Å². The van der Waals surface area contributed by atoms with Gasteiger partial charge in [-0.15, -0.1) is 6.42 Å². The second-order valence-electron chi connectivity index (χ2n) is 3.61. The van der Waals surface area contributed by atoms with Crippen molar-refractivity contribution >= 4 is 13.1 Å². The van der Waals surface area contributed by atoms with Gasteiger partial charge in [-0.05, 0) is 13.8 Å². The van der Waals surface area contributed by atoms with Gasteiger partial charge < -0.3 is 4.89 Å². The van der Waals surface area contributed by atoms with Crippen LogP contribution in [0.2, 0.25) is 0 Å². The first-order chi connectivity index (χ1) is 7.86. The van der Waals surface area contributed by atoms with Crippen molar-refractivity contribution in [3.05, 3.63) is 35.4 Å². The van der Waals surface area contributed by atoms with Gasteiger partial charge in [0, 0.05) is 5.56 Å². The van der Waals surface area contributed by atoms with E-state index in [1.165, 1.54) is 19.1 Å². The van der Waals surface area contributed by atoms with Crippen molar-refractivity contribution in [2.45, 2.75) is 20.0 Å². The Hall–Kier alpha value is -1.40. The lowest BCUT2D eigenvalue weighted by molar-refractivity contribution is 0.101. The first-order valence-corrected chi connectivity index (χ1v) is 6.53. The molecule has 0 spiro atoms. The molecule has 2 atom stereocenters. The number of aryl methyl sites for hydroxylation is 1. The lowest BCUT2D eigenvalue weighted by Gasteiger charge is -2.12. The Bertz CT molecular complexity index is 498. The fraction of sp³-hybridized carbons (Fsp3) is 0.250. The molecule has 0 aromatic heterocycles. The third kappa shape index (κ3) is 3.54. The van der Waals surface area contributed by atoms with Gasteiger partial charge in [-0.2, -0.15) is 0 Å². The zero-order valence-electron chi connectivity index (χ0n) is 9.58. The van der Waals surface area contributed by atoms with Crippen LogP contribution >= 0.6 is 7.60 Å². The molecular weight excluding hydrogens is 239 g/mol. The minimum absolute atomic E-state index is 0.130. The highest BCUT2D eigenvalue weighted by molar-refractivity contribution is 7.71. The average molecular weight is 252 g/mol. The Balaban J connectivity index is 2.93. The zero-order chi connectivity index (χ0) is 13.1. The summed E-state index contributed by atoms with van der Waals surface area (Å²) in [5.74, 6) is 2.13.